The minimum Gasteiger partial charge on any atom is -0.497 e. The second kappa shape index (κ2) is 12.9. The number of fused-ring (bicyclic) bond motifs is 9. The molecule has 3 N–H and O–H groups in total. The van der Waals surface area contributed by atoms with Crippen LogP contribution in [-0.2, 0) is 6.42 Å². The van der Waals surface area contributed by atoms with Gasteiger partial charge < -0.3 is 19.9 Å². The van der Waals surface area contributed by atoms with Crippen molar-refractivity contribution in [2.75, 3.05) is 12.9 Å². The molecule has 46 heavy (non-hydrogen) atoms. The van der Waals surface area contributed by atoms with Crippen LogP contribution in [0.5, 0.6) is 5.75 Å². The molecule has 0 amide bonds. The fourth-order valence-corrected chi connectivity index (χ4v) is 8.51. The number of ketones is 1. The molecule has 0 spiro atoms. The highest BCUT2D eigenvalue weighted by molar-refractivity contribution is 7.99. The fraction of sp³-hybridized carbons (Fsp3) is 0.405. The lowest BCUT2D eigenvalue weighted by molar-refractivity contribution is -0.0422. The van der Waals surface area contributed by atoms with Gasteiger partial charge in [0.2, 0.25) is 0 Å². The number of nitrogens with zero attached hydrogens (tertiary/aromatic N) is 1. The van der Waals surface area contributed by atoms with Crippen molar-refractivity contribution in [1.29, 1.82) is 0 Å². The molecule has 2 bridgehead atoms. The number of carbonyl (C=O) groups excluding carboxylic acids is 1. The molecule has 7 rings (SSSR count). The number of hydrogen-bond donors (Lipinski definition) is 3. The summed E-state index contributed by atoms with van der Waals surface area (Å²) in [5.74, 6) is -1.55. The molecular formula is C37H40F2N2O4S. The molecule has 3 aromatic carbocycles. The number of nitrogens with one attached hydrogen (secondary N) is 1. The molecule has 1 heterocycles. The van der Waals surface area contributed by atoms with Crippen molar-refractivity contribution in [1.82, 2.24) is 9.97 Å². The highest BCUT2D eigenvalue weighted by Crippen LogP contribution is 2.59. The maximum atomic E-state index is 14.3. The van der Waals surface area contributed by atoms with Gasteiger partial charge in [-0.05, 0) is 105 Å². The number of carbonyl (C=O) groups is 1. The quantitative estimate of drug-likeness (QED) is 0.112. The van der Waals surface area contributed by atoms with E-state index in [1.54, 1.807) is 13.2 Å². The summed E-state index contributed by atoms with van der Waals surface area (Å²) in [6.07, 6.45) is 5.90. The van der Waals surface area contributed by atoms with Crippen molar-refractivity contribution in [3.8, 4) is 5.75 Å². The van der Waals surface area contributed by atoms with Gasteiger partial charge in [0.05, 0.1) is 29.8 Å². The molecule has 3 aliphatic rings. The van der Waals surface area contributed by atoms with Crippen LogP contribution in [-0.4, -0.2) is 50.5 Å². The summed E-state index contributed by atoms with van der Waals surface area (Å²) in [4.78, 5) is 22.1. The van der Waals surface area contributed by atoms with Gasteiger partial charge in [-0.1, -0.05) is 42.5 Å². The summed E-state index contributed by atoms with van der Waals surface area (Å²) in [5, 5.41) is 24.0. The van der Waals surface area contributed by atoms with Gasteiger partial charge in [-0.3, -0.25) is 4.79 Å². The van der Waals surface area contributed by atoms with E-state index in [2.05, 4.69) is 24.9 Å². The summed E-state index contributed by atoms with van der Waals surface area (Å²) in [6.45, 7) is 4.20. The van der Waals surface area contributed by atoms with Crippen LogP contribution in [0.15, 0.2) is 71.4 Å². The highest BCUT2D eigenvalue weighted by Gasteiger charge is 2.56. The van der Waals surface area contributed by atoms with Crippen LogP contribution in [0.4, 0.5) is 8.78 Å². The van der Waals surface area contributed by atoms with Gasteiger partial charge in [0.15, 0.2) is 22.6 Å². The second-order valence-electron chi connectivity index (χ2n) is 13.1. The van der Waals surface area contributed by atoms with E-state index in [0.717, 1.165) is 52.9 Å². The van der Waals surface area contributed by atoms with Gasteiger partial charge in [-0.2, -0.15) is 0 Å². The first-order valence-corrected chi connectivity index (χ1v) is 16.8. The maximum Gasteiger partial charge on any atom is 0.193 e. The third-order valence-corrected chi connectivity index (χ3v) is 11.3. The molecule has 242 valence electrons. The molecule has 3 aliphatic carbocycles. The predicted molar refractivity (Wildman–Crippen MR) is 177 cm³/mol. The van der Waals surface area contributed by atoms with Gasteiger partial charge >= 0.3 is 0 Å². The minimum atomic E-state index is -1.09. The van der Waals surface area contributed by atoms with Crippen molar-refractivity contribution in [3.05, 3.63) is 100 Å². The summed E-state index contributed by atoms with van der Waals surface area (Å²) in [7, 11) is 1.62. The lowest BCUT2D eigenvalue weighted by atomic mass is 9.65. The first kappa shape index (κ1) is 32.4. The van der Waals surface area contributed by atoms with E-state index in [1.165, 1.54) is 23.4 Å². The monoisotopic (exact) mass is 646 g/mol. The Bertz CT molecular complexity index is 1810. The number of aromatic amines is 1. The number of ether oxygens (including phenoxy) is 1. The lowest BCUT2D eigenvalue weighted by Gasteiger charge is -2.44. The molecule has 0 aliphatic heterocycles. The molecule has 4 atom stereocenters. The van der Waals surface area contributed by atoms with E-state index in [9.17, 15) is 23.8 Å². The van der Waals surface area contributed by atoms with Gasteiger partial charge in [-0.25, -0.2) is 13.8 Å². The number of benzene rings is 3. The summed E-state index contributed by atoms with van der Waals surface area (Å²) in [5.41, 5.74) is 3.20. The largest absolute Gasteiger partial charge is 0.497 e. The molecular weight excluding hydrogens is 606 g/mol. The molecule has 1 aromatic heterocycles. The van der Waals surface area contributed by atoms with E-state index in [1.807, 2.05) is 30.3 Å². The number of aromatic nitrogens is 2. The Morgan fingerprint density at radius 2 is 1.91 bits per heavy atom. The van der Waals surface area contributed by atoms with Crippen molar-refractivity contribution in [2.45, 2.75) is 81.6 Å². The molecule has 4 aromatic rings. The van der Waals surface area contributed by atoms with Crippen molar-refractivity contribution in [3.63, 3.8) is 0 Å². The Morgan fingerprint density at radius 1 is 1.09 bits per heavy atom. The third-order valence-electron chi connectivity index (χ3n) is 10.2. The van der Waals surface area contributed by atoms with E-state index in [-0.39, 0.29) is 11.5 Å². The topological polar surface area (TPSA) is 95.4 Å². The van der Waals surface area contributed by atoms with Crippen molar-refractivity contribution in [2.24, 2.45) is 5.41 Å². The molecule has 1 saturated carbocycles. The zero-order valence-electron chi connectivity index (χ0n) is 26.4. The SMILES string of the molecule is COc1ccc2nc(SC[C@]3(O)CC[C@H]4c5ccc(cc5C(=O)c5ccc(F)c(F)c5)C[C@@H](O)CCC(C)=CCC[C@@]43C)[nH]c2c1. The maximum absolute atomic E-state index is 14.3. The second-order valence-corrected chi connectivity index (χ2v) is 14.1. The van der Waals surface area contributed by atoms with Crippen molar-refractivity contribution < 1.29 is 28.5 Å². The summed E-state index contributed by atoms with van der Waals surface area (Å²) >= 11 is 1.48. The van der Waals surface area contributed by atoms with Crippen LogP contribution in [0.25, 0.3) is 11.0 Å². The Kier molecular flexibility index (Phi) is 9.11. The fourth-order valence-electron chi connectivity index (χ4n) is 7.32. The third kappa shape index (κ3) is 6.25. The number of aliphatic hydroxyl groups is 2. The van der Waals surface area contributed by atoms with Crippen LogP contribution >= 0.6 is 11.8 Å². The molecule has 9 heteroatoms. The molecule has 0 saturated heterocycles. The van der Waals surface area contributed by atoms with E-state index < -0.39 is 34.5 Å². The number of allylic oxidation sites excluding steroid dienone is 2. The molecule has 1 fully saturated rings. The van der Waals surface area contributed by atoms with E-state index >= 15 is 0 Å². The van der Waals surface area contributed by atoms with Crippen LogP contribution < -0.4 is 4.74 Å². The Hall–Kier alpha value is -3.53. The number of rotatable bonds is 6. The first-order chi connectivity index (χ1) is 22.0. The minimum absolute atomic E-state index is 0.0598. The Morgan fingerprint density at radius 3 is 2.70 bits per heavy atom. The van der Waals surface area contributed by atoms with Crippen LogP contribution in [0.2, 0.25) is 0 Å². The smallest absolute Gasteiger partial charge is 0.193 e. The zero-order chi connectivity index (χ0) is 32.6. The average Bonchev–Trinajstić information content (AvgIpc) is 3.57. The van der Waals surface area contributed by atoms with Gasteiger partial charge in [0.1, 0.15) is 5.75 Å². The number of H-pyrrole nitrogens is 1. The number of thioether (sulfide) groups is 1. The van der Waals surface area contributed by atoms with Gasteiger partial charge in [0.25, 0.3) is 0 Å². The number of halogens is 2. The molecule has 6 nitrogen and oxygen atoms in total. The first-order valence-electron chi connectivity index (χ1n) is 15.8. The number of hydrogen-bond acceptors (Lipinski definition) is 6. The van der Waals surface area contributed by atoms with Gasteiger partial charge in [-0.15, -0.1) is 0 Å². The lowest BCUT2D eigenvalue weighted by Crippen LogP contribution is -2.46. The average molecular weight is 647 g/mol. The summed E-state index contributed by atoms with van der Waals surface area (Å²) < 4.78 is 33.4. The van der Waals surface area contributed by atoms with Crippen LogP contribution in [0.3, 0.4) is 0 Å². The van der Waals surface area contributed by atoms with Crippen molar-refractivity contribution >= 4 is 28.6 Å². The zero-order valence-corrected chi connectivity index (χ0v) is 27.2. The van der Waals surface area contributed by atoms with Gasteiger partial charge in [0, 0.05) is 28.4 Å². The Balaban J connectivity index is 1.39. The van der Waals surface area contributed by atoms with Crippen LogP contribution in [0.1, 0.15) is 85.3 Å². The molecule has 0 radical (unpaired) electrons. The summed E-state index contributed by atoms with van der Waals surface area (Å²) in [6, 6.07) is 14.6. The standard InChI is InChI=1S/C37H40F2N2O4S/c1-22-5-4-15-36(2)29(14-16-37(36,44)21-46-35-40-32-13-10-26(45-3)20-33(32)41-35)27-11-7-23(17-25(42)9-6-22)18-28(27)34(43)24-8-12-30(38)31(39)19-24/h5,7-8,10-13,18-20,25,29,42,44H,4,6,9,14-17,21H2,1-3H3,(H,40,41)/t25-,29-,36-,37+/m0/s1. The van der Waals surface area contributed by atoms with Crippen LogP contribution in [0, 0.1) is 17.0 Å². The number of imidazole rings is 1. The molecule has 0 unspecified atom stereocenters. The highest BCUT2D eigenvalue weighted by atomic mass is 32.2. The predicted octanol–water partition coefficient (Wildman–Crippen LogP) is 7.91. The normalized spacial score (nSPS) is 25.2. The van der Waals surface area contributed by atoms with E-state index in [4.69, 9.17) is 9.72 Å². The number of aliphatic hydroxyl groups excluding tert-OH is 1. The Labute approximate surface area is 272 Å². The van der Waals surface area contributed by atoms with E-state index in [0.29, 0.717) is 48.6 Å². The number of methoxy groups -OCH3 is 1.